The van der Waals surface area contributed by atoms with Gasteiger partial charge >= 0.3 is 6.03 Å². The predicted octanol–water partition coefficient (Wildman–Crippen LogP) is 5.30. The van der Waals surface area contributed by atoms with Gasteiger partial charge in [0.25, 0.3) is 10.0 Å². The molecule has 0 heterocycles. The lowest BCUT2D eigenvalue weighted by Gasteiger charge is -2.25. The molecule has 0 saturated heterocycles. The van der Waals surface area contributed by atoms with Crippen LogP contribution in [0.4, 0.5) is 10.5 Å². The highest BCUT2D eigenvalue weighted by atomic mass is 35.5. The Hall–Kier alpha value is -2.25. The number of carbonyl (C=O) groups excluding carboxylic acids is 1. The van der Waals surface area contributed by atoms with E-state index >= 15 is 0 Å². The highest BCUT2D eigenvalue weighted by Gasteiger charge is 2.19. The first-order valence-electron chi connectivity index (χ1n) is 10.7. The molecule has 1 fully saturated rings. The smallest absolute Gasteiger partial charge is 0.315 e. The molecule has 1 unspecified atom stereocenters. The Morgan fingerprint density at radius 3 is 2.52 bits per heavy atom. The van der Waals surface area contributed by atoms with E-state index in [0.717, 1.165) is 6.42 Å². The Morgan fingerprint density at radius 1 is 1.10 bits per heavy atom. The fourth-order valence-electron chi connectivity index (χ4n) is 4.04. The maximum Gasteiger partial charge on any atom is 0.315 e. The SMILES string of the molecule is CC(CC1CCCCC1)NC(=O)NCc1cc(Cl)ccc1NS(=O)(=O)c1ccccc1. The number of anilines is 1. The molecule has 8 heteroatoms. The van der Waals surface area contributed by atoms with Crippen molar-refractivity contribution in [3.8, 4) is 0 Å². The number of benzene rings is 2. The summed E-state index contributed by atoms with van der Waals surface area (Å²) in [6, 6.07) is 12.8. The van der Waals surface area contributed by atoms with Gasteiger partial charge in [-0.2, -0.15) is 0 Å². The molecule has 1 aliphatic rings. The molecule has 0 bridgehead atoms. The van der Waals surface area contributed by atoms with Crippen molar-refractivity contribution in [3.63, 3.8) is 0 Å². The first-order valence-corrected chi connectivity index (χ1v) is 12.6. The Kier molecular flexibility index (Phi) is 8.21. The van der Waals surface area contributed by atoms with E-state index in [1.54, 1.807) is 36.4 Å². The highest BCUT2D eigenvalue weighted by molar-refractivity contribution is 7.92. The van der Waals surface area contributed by atoms with Gasteiger partial charge < -0.3 is 10.6 Å². The monoisotopic (exact) mass is 463 g/mol. The van der Waals surface area contributed by atoms with Crippen LogP contribution in [-0.4, -0.2) is 20.5 Å². The number of halogens is 1. The standard InChI is InChI=1S/C23H30ClN3O3S/c1-17(14-18-8-4-2-5-9-18)26-23(28)25-16-19-15-20(24)12-13-22(19)27-31(29,30)21-10-6-3-7-11-21/h3,6-7,10-13,15,17-18,27H,2,4-5,8-9,14,16H2,1H3,(H2,25,26,28). The van der Waals surface area contributed by atoms with E-state index < -0.39 is 10.0 Å². The molecule has 1 atom stereocenters. The second-order valence-corrected chi connectivity index (χ2v) is 10.3. The summed E-state index contributed by atoms with van der Waals surface area (Å²) in [5, 5.41) is 6.26. The van der Waals surface area contributed by atoms with Crippen LogP contribution in [0.1, 0.15) is 51.0 Å². The molecule has 1 saturated carbocycles. The van der Waals surface area contributed by atoms with Crippen molar-refractivity contribution in [2.75, 3.05) is 4.72 Å². The van der Waals surface area contributed by atoms with Crippen molar-refractivity contribution in [1.82, 2.24) is 10.6 Å². The van der Waals surface area contributed by atoms with E-state index in [-0.39, 0.29) is 23.5 Å². The quantitative estimate of drug-likeness (QED) is 0.496. The van der Waals surface area contributed by atoms with E-state index in [1.165, 1.54) is 44.2 Å². The lowest BCUT2D eigenvalue weighted by molar-refractivity contribution is 0.232. The van der Waals surface area contributed by atoms with Gasteiger partial charge in [-0.15, -0.1) is 0 Å². The fourth-order valence-corrected chi connectivity index (χ4v) is 5.36. The van der Waals surface area contributed by atoms with Crippen molar-refractivity contribution in [2.24, 2.45) is 5.92 Å². The lowest BCUT2D eigenvalue weighted by atomic mass is 9.85. The number of nitrogens with one attached hydrogen (secondary N) is 3. The van der Waals surface area contributed by atoms with E-state index in [9.17, 15) is 13.2 Å². The Balaban J connectivity index is 1.59. The topological polar surface area (TPSA) is 87.3 Å². The Morgan fingerprint density at radius 2 is 1.81 bits per heavy atom. The second-order valence-electron chi connectivity index (χ2n) is 8.19. The maximum absolute atomic E-state index is 12.7. The third-order valence-electron chi connectivity index (χ3n) is 5.59. The molecule has 3 N–H and O–H groups in total. The number of carbonyl (C=O) groups is 1. The number of amides is 2. The third-order valence-corrected chi connectivity index (χ3v) is 7.21. The fraction of sp³-hybridized carbons (Fsp3) is 0.435. The van der Waals surface area contributed by atoms with Crippen LogP contribution in [0.3, 0.4) is 0 Å². The van der Waals surface area contributed by atoms with Crippen LogP contribution in [0, 0.1) is 5.92 Å². The van der Waals surface area contributed by atoms with Gasteiger partial charge in [-0.25, -0.2) is 13.2 Å². The Labute approximate surface area is 189 Å². The number of hydrogen-bond donors (Lipinski definition) is 3. The van der Waals surface area contributed by atoms with Crippen molar-refractivity contribution in [3.05, 3.63) is 59.1 Å². The summed E-state index contributed by atoms with van der Waals surface area (Å²) < 4.78 is 27.9. The molecule has 2 aromatic carbocycles. The minimum Gasteiger partial charge on any atom is -0.336 e. The van der Waals surface area contributed by atoms with Crippen molar-refractivity contribution < 1.29 is 13.2 Å². The average molecular weight is 464 g/mol. The molecule has 168 valence electrons. The van der Waals surface area contributed by atoms with Crippen LogP contribution >= 0.6 is 11.6 Å². The van der Waals surface area contributed by atoms with Gasteiger partial charge in [0.1, 0.15) is 0 Å². The van der Waals surface area contributed by atoms with E-state index in [4.69, 9.17) is 11.6 Å². The molecule has 2 aromatic rings. The van der Waals surface area contributed by atoms with Crippen molar-refractivity contribution in [2.45, 2.75) is 62.9 Å². The van der Waals surface area contributed by atoms with Crippen LogP contribution in [0.2, 0.25) is 5.02 Å². The zero-order valence-electron chi connectivity index (χ0n) is 17.7. The van der Waals surface area contributed by atoms with Gasteiger partial charge in [-0.3, -0.25) is 4.72 Å². The first-order chi connectivity index (χ1) is 14.8. The lowest BCUT2D eigenvalue weighted by Crippen LogP contribution is -2.41. The zero-order chi connectivity index (χ0) is 22.3. The van der Waals surface area contributed by atoms with Crippen LogP contribution in [0.25, 0.3) is 0 Å². The predicted molar refractivity (Wildman–Crippen MR) is 125 cm³/mol. The second kappa shape index (κ2) is 10.9. The summed E-state index contributed by atoms with van der Waals surface area (Å²) in [5.41, 5.74) is 0.964. The number of rotatable bonds is 8. The van der Waals surface area contributed by atoms with Crippen LogP contribution in [0.15, 0.2) is 53.4 Å². The Bertz CT molecular complexity index is 977. The van der Waals surface area contributed by atoms with Gasteiger partial charge in [-0.05, 0) is 55.2 Å². The summed E-state index contributed by atoms with van der Waals surface area (Å²) in [4.78, 5) is 12.5. The van der Waals surface area contributed by atoms with Gasteiger partial charge in [0.2, 0.25) is 0 Å². The first kappa shape index (κ1) is 23.4. The molecule has 6 nitrogen and oxygen atoms in total. The van der Waals surface area contributed by atoms with E-state index in [0.29, 0.717) is 22.2 Å². The molecule has 0 radical (unpaired) electrons. The maximum atomic E-state index is 12.7. The van der Waals surface area contributed by atoms with Gasteiger partial charge in [0.05, 0.1) is 10.6 Å². The molecule has 2 amide bonds. The summed E-state index contributed by atoms with van der Waals surface area (Å²) in [6.07, 6.45) is 7.32. The van der Waals surface area contributed by atoms with Gasteiger partial charge in [0, 0.05) is 17.6 Å². The molecule has 0 aliphatic heterocycles. The normalized spacial score (nSPS) is 15.8. The van der Waals surface area contributed by atoms with Crippen LogP contribution in [0.5, 0.6) is 0 Å². The molecule has 1 aliphatic carbocycles. The molecule has 3 rings (SSSR count). The van der Waals surface area contributed by atoms with Gasteiger partial charge in [-0.1, -0.05) is 61.9 Å². The largest absolute Gasteiger partial charge is 0.336 e. The minimum atomic E-state index is -3.74. The van der Waals surface area contributed by atoms with Gasteiger partial charge in [0.15, 0.2) is 0 Å². The summed E-state index contributed by atoms with van der Waals surface area (Å²) in [5.74, 6) is 0.677. The summed E-state index contributed by atoms with van der Waals surface area (Å²) in [6.45, 7) is 2.17. The zero-order valence-corrected chi connectivity index (χ0v) is 19.3. The molecular formula is C23H30ClN3O3S. The van der Waals surface area contributed by atoms with Crippen molar-refractivity contribution in [1.29, 1.82) is 0 Å². The molecule has 0 spiro atoms. The summed E-state index contributed by atoms with van der Waals surface area (Å²) in [7, 11) is -3.74. The summed E-state index contributed by atoms with van der Waals surface area (Å²) >= 11 is 6.11. The third kappa shape index (κ3) is 7.14. The highest BCUT2D eigenvalue weighted by Crippen LogP contribution is 2.27. The average Bonchev–Trinajstić information content (AvgIpc) is 2.75. The molecule has 0 aromatic heterocycles. The van der Waals surface area contributed by atoms with E-state index in [1.807, 2.05) is 6.92 Å². The number of urea groups is 1. The van der Waals surface area contributed by atoms with Crippen LogP contribution in [-0.2, 0) is 16.6 Å². The molecular weight excluding hydrogens is 434 g/mol. The number of sulfonamides is 1. The molecule has 31 heavy (non-hydrogen) atoms. The number of hydrogen-bond acceptors (Lipinski definition) is 3. The van der Waals surface area contributed by atoms with Crippen LogP contribution < -0.4 is 15.4 Å². The van der Waals surface area contributed by atoms with Crippen molar-refractivity contribution >= 4 is 33.3 Å². The van der Waals surface area contributed by atoms with E-state index in [2.05, 4.69) is 15.4 Å². The minimum absolute atomic E-state index is 0.0820.